The Labute approximate surface area is 237 Å². The Morgan fingerprint density at radius 2 is 1.90 bits per heavy atom. The number of nitrogens with one attached hydrogen (secondary N) is 1. The van der Waals surface area contributed by atoms with Gasteiger partial charge in [0, 0.05) is 61.5 Å². The number of carbonyl (C=O) groups is 3. The molecule has 1 aromatic heterocycles. The van der Waals surface area contributed by atoms with E-state index in [1.807, 2.05) is 30.0 Å². The van der Waals surface area contributed by atoms with E-state index in [-0.39, 0.29) is 48.6 Å². The number of hydrogen-bond donors (Lipinski definition) is 3. The lowest BCUT2D eigenvalue weighted by Gasteiger charge is -2.39. The zero-order valence-corrected chi connectivity index (χ0v) is 24.2. The van der Waals surface area contributed by atoms with Crippen LogP contribution in [0.1, 0.15) is 70.6 Å². The van der Waals surface area contributed by atoms with E-state index in [1.54, 1.807) is 16.7 Å². The molecule has 3 atom stereocenters. The summed E-state index contributed by atoms with van der Waals surface area (Å²) in [6.45, 7) is 8.36. The first-order valence-corrected chi connectivity index (χ1v) is 14.7. The van der Waals surface area contributed by atoms with Crippen LogP contribution in [0.2, 0.25) is 0 Å². The second-order valence-electron chi connectivity index (χ2n) is 11.3. The van der Waals surface area contributed by atoms with Crippen molar-refractivity contribution in [3.05, 3.63) is 35.5 Å². The van der Waals surface area contributed by atoms with Gasteiger partial charge in [0.15, 0.2) is 0 Å². The van der Waals surface area contributed by atoms with Crippen LogP contribution in [0.4, 0.5) is 0 Å². The molecule has 218 valence electrons. The van der Waals surface area contributed by atoms with E-state index >= 15 is 0 Å². The summed E-state index contributed by atoms with van der Waals surface area (Å²) >= 11 is 0. The highest BCUT2D eigenvalue weighted by Crippen LogP contribution is 2.27. The van der Waals surface area contributed by atoms with Gasteiger partial charge in [-0.2, -0.15) is 0 Å². The molecule has 10 heteroatoms. The molecule has 4 rings (SSSR count). The monoisotopic (exact) mass is 551 g/mol. The quantitative estimate of drug-likeness (QED) is 0.291. The van der Waals surface area contributed by atoms with Gasteiger partial charge in [-0.3, -0.25) is 19.8 Å². The molecule has 1 aromatic carbocycles. The van der Waals surface area contributed by atoms with E-state index < -0.39 is 6.04 Å². The van der Waals surface area contributed by atoms with Crippen molar-refractivity contribution < 1.29 is 14.4 Å². The molecule has 3 heterocycles. The molecule has 40 heavy (non-hydrogen) atoms. The number of aromatic nitrogens is 1. The standard InChI is InChI=1S/C30H45N7O3/c1-4-35-24(17-21-10-11-22(29(32)33)18-26(21)35)13-12-23-8-6-15-37(23)28(39)19-34-14-7-9-25(30(34)40)36(5-2)27(38)16-20(3)31/h10-11,17-18,20,23,25H,4-9,12-16,19,31H2,1-3H3,(H3,32,33)/t20-,23-,25-/m0/s1. The molecule has 2 saturated heterocycles. The number of amides is 3. The lowest BCUT2D eigenvalue weighted by atomic mass is 10.0. The number of nitrogens with two attached hydrogens (primary N) is 2. The molecule has 0 saturated carbocycles. The molecule has 0 bridgehead atoms. The number of aryl methyl sites for hydroxylation is 2. The summed E-state index contributed by atoms with van der Waals surface area (Å²) in [6, 6.07) is 7.42. The van der Waals surface area contributed by atoms with Crippen LogP contribution in [0, 0.1) is 5.41 Å². The van der Waals surface area contributed by atoms with Crippen molar-refractivity contribution in [1.82, 2.24) is 19.3 Å². The fourth-order valence-corrected chi connectivity index (χ4v) is 6.42. The van der Waals surface area contributed by atoms with Crippen LogP contribution < -0.4 is 11.5 Å². The molecule has 0 unspecified atom stereocenters. The third-order valence-corrected chi connectivity index (χ3v) is 8.41. The Balaban J connectivity index is 1.40. The summed E-state index contributed by atoms with van der Waals surface area (Å²) in [5.41, 5.74) is 14.5. The average Bonchev–Trinajstić information content (AvgIpc) is 3.53. The molecule has 5 N–H and O–H groups in total. The van der Waals surface area contributed by atoms with Crippen molar-refractivity contribution in [1.29, 1.82) is 5.41 Å². The minimum absolute atomic E-state index is 0.0106. The highest BCUT2D eigenvalue weighted by molar-refractivity contribution is 5.98. The summed E-state index contributed by atoms with van der Waals surface area (Å²) in [7, 11) is 0. The van der Waals surface area contributed by atoms with E-state index in [9.17, 15) is 14.4 Å². The maximum Gasteiger partial charge on any atom is 0.245 e. The van der Waals surface area contributed by atoms with Crippen LogP contribution in [-0.2, 0) is 27.3 Å². The van der Waals surface area contributed by atoms with E-state index in [1.165, 1.54) is 5.69 Å². The third-order valence-electron chi connectivity index (χ3n) is 8.41. The Hall–Kier alpha value is -3.40. The van der Waals surface area contributed by atoms with Gasteiger partial charge >= 0.3 is 0 Å². The molecule has 0 spiro atoms. The lowest BCUT2D eigenvalue weighted by Crippen LogP contribution is -2.56. The van der Waals surface area contributed by atoms with Gasteiger partial charge in [0.1, 0.15) is 11.9 Å². The smallest absolute Gasteiger partial charge is 0.245 e. The van der Waals surface area contributed by atoms with Crippen molar-refractivity contribution in [3.63, 3.8) is 0 Å². The maximum atomic E-state index is 13.5. The van der Waals surface area contributed by atoms with Gasteiger partial charge < -0.3 is 30.7 Å². The first-order chi connectivity index (χ1) is 19.1. The van der Waals surface area contributed by atoms with Gasteiger partial charge in [-0.15, -0.1) is 0 Å². The Morgan fingerprint density at radius 1 is 1.15 bits per heavy atom. The number of benzene rings is 1. The Kier molecular flexibility index (Phi) is 9.50. The molecule has 2 fully saturated rings. The summed E-state index contributed by atoms with van der Waals surface area (Å²) in [5, 5.41) is 8.90. The number of fused-ring (bicyclic) bond motifs is 1. The second kappa shape index (κ2) is 12.8. The second-order valence-corrected chi connectivity index (χ2v) is 11.3. The Bertz CT molecular complexity index is 1250. The molecular weight excluding hydrogens is 506 g/mol. The number of likely N-dealkylation sites (tertiary alicyclic amines) is 2. The molecule has 0 radical (unpaired) electrons. The summed E-state index contributed by atoms with van der Waals surface area (Å²) < 4.78 is 2.27. The Morgan fingerprint density at radius 3 is 2.58 bits per heavy atom. The molecular formula is C30H45N7O3. The number of amidine groups is 1. The van der Waals surface area contributed by atoms with E-state index in [4.69, 9.17) is 16.9 Å². The number of likely N-dealkylation sites (N-methyl/N-ethyl adjacent to an activating group) is 1. The fraction of sp³-hybridized carbons (Fsp3) is 0.600. The average molecular weight is 552 g/mol. The number of rotatable bonds is 11. The highest BCUT2D eigenvalue weighted by Gasteiger charge is 2.37. The third kappa shape index (κ3) is 6.32. The zero-order chi connectivity index (χ0) is 29.0. The van der Waals surface area contributed by atoms with E-state index in [2.05, 4.69) is 17.6 Å². The lowest BCUT2D eigenvalue weighted by molar-refractivity contribution is -0.151. The van der Waals surface area contributed by atoms with Crippen LogP contribution in [0.3, 0.4) is 0 Å². The van der Waals surface area contributed by atoms with Gasteiger partial charge in [0.2, 0.25) is 17.7 Å². The topological polar surface area (TPSA) is 142 Å². The van der Waals surface area contributed by atoms with Crippen LogP contribution in [0.15, 0.2) is 24.3 Å². The number of carbonyl (C=O) groups excluding carboxylic acids is 3. The minimum Gasteiger partial charge on any atom is -0.384 e. The maximum absolute atomic E-state index is 13.5. The predicted octanol–water partition coefficient (Wildman–Crippen LogP) is 2.45. The molecule has 0 aliphatic carbocycles. The predicted molar refractivity (Wildman–Crippen MR) is 157 cm³/mol. The van der Waals surface area contributed by atoms with Crippen molar-refractivity contribution in [2.24, 2.45) is 11.5 Å². The van der Waals surface area contributed by atoms with Gasteiger partial charge in [-0.1, -0.05) is 12.1 Å². The first-order valence-electron chi connectivity index (χ1n) is 14.7. The summed E-state index contributed by atoms with van der Waals surface area (Å²) in [6.07, 6.45) is 5.20. The van der Waals surface area contributed by atoms with Gasteiger partial charge in [0.25, 0.3) is 0 Å². The van der Waals surface area contributed by atoms with Crippen molar-refractivity contribution in [2.75, 3.05) is 26.2 Å². The van der Waals surface area contributed by atoms with Crippen LogP contribution in [-0.4, -0.2) is 87.1 Å². The molecule has 2 aliphatic rings. The number of piperidine rings is 1. The number of hydrogen-bond acceptors (Lipinski definition) is 5. The van der Waals surface area contributed by atoms with Crippen LogP contribution in [0.5, 0.6) is 0 Å². The van der Waals surface area contributed by atoms with Crippen LogP contribution >= 0.6 is 0 Å². The SMILES string of the molecule is CCN(C(=O)C[C@H](C)N)[C@H]1CCCN(CC(=O)N2CCC[C@H]2CCc2cc3ccc(C(=N)N)cc3n2CC)C1=O. The molecule has 10 nitrogen and oxygen atoms in total. The van der Waals surface area contributed by atoms with Gasteiger partial charge in [-0.25, -0.2) is 0 Å². The number of nitrogen functional groups attached to an aromatic ring is 1. The number of nitrogens with zero attached hydrogens (tertiary/aromatic N) is 4. The van der Waals surface area contributed by atoms with Crippen LogP contribution in [0.25, 0.3) is 10.9 Å². The minimum atomic E-state index is -0.522. The van der Waals surface area contributed by atoms with Gasteiger partial charge in [-0.05, 0) is 76.8 Å². The van der Waals surface area contributed by atoms with Crippen molar-refractivity contribution >= 4 is 34.5 Å². The summed E-state index contributed by atoms with van der Waals surface area (Å²) in [5.74, 6) is -0.188. The molecule has 2 aromatic rings. The highest BCUT2D eigenvalue weighted by atomic mass is 16.2. The molecule has 3 amide bonds. The van der Waals surface area contributed by atoms with E-state index in [0.717, 1.165) is 49.6 Å². The zero-order valence-electron chi connectivity index (χ0n) is 24.2. The fourth-order valence-electron chi connectivity index (χ4n) is 6.42. The van der Waals surface area contributed by atoms with Crippen molar-refractivity contribution in [3.8, 4) is 0 Å². The normalized spacial score (nSPS) is 20.2. The first kappa shape index (κ1) is 29.6. The van der Waals surface area contributed by atoms with E-state index in [0.29, 0.717) is 31.6 Å². The summed E-state index contributed by atoms with van der Waals surface area (Å²) in [4.78, 5) is 44.8. The van der Waals surface area contributed by atoms with Gasteiger partial charge in [0.05, 0.1) is 6.54 Å². The largest absolute Gasteiger partial charge is 0.384 e. The molecule has 2 aliphatic heterocycles. The van der Waals surface area contributed by atoms with Crippen molar-refractivity contribution in [2.45, 2.75) is 90.4 Å².